The fraction of sp³-hybridized carbons (Fsp3) is 0.194. The molecule has 4 aromatic rings. The average molecular weight is 680 g/mol. The summed E-state index contributed by atoms with van der Waals surface area (Å²) in [5.41, 5.74) is 2.93. The molecule has 12 heteroatoms. The average Bonchev–Trinajstić information content (AvgIpc) is 3.44. The number of hydrogen-bond donors (Lipinski definition) is 3. The van der Waals surface area contributed by atoms with Crippen molar-refractivity contribution in [3.63, 3.8) is 0 Å². The molecule has 1 unspecified atom stereocenters. The third kappa shape index (κ3) is 8.31. The van der Waals surface area contributed by atoms with E-state index in [1.165, 1.54) is 30.0 Å². The first-order chi connectivity index (χ1) is 23.1. The lowest BCUT2D eigenvalue weighted by atomic mass is 10.0. The number of amides is 4. The van der Waals surface area contributed by atoms with Crippen LogP contribution in [0.5, 0.6) is 5.75 Å². The number of thioether (sulfide) groups is 1. The molecule has 3 aromatic carbocycles. The lowest BCUT2D eigenvalue weighted by molar-refractivity contribution is -0.129. The predicted octanol–water partition coefficient (Wildman–Crippen LogP) is 6.06. The van der Waals surface area contributed by atoms with Gasteiger partial charge in [-0.2, -0.15) is 5.26 Å². The van der Waals surface area contributed by atoms with Gasteiger partial charge in [-0.1, -0.05) is 36.4 Å². The molecule has 0 radical (unpaired) electrons. The van der Waals surface area contributed by atoms with Crippen LogP contribution in [0, 0.1) is 11.3 Å². The molecule has 0 saturated heterocycles. The number of carbonyl (C=O) groups excluding carboxylic acids is 4. The monoisotopic (exact) mass is 679 g/mol. The van der Waals surface area contributed by atoms with Crippen molar-refractivity contribution in [3.8, 4) is 11.8 Å². The lowest BCUT2D eigenvalue weighted by Gasteiger charge is -2.25. The second kappa shape index (κ2) is 15.5. The Labute approximate surface area is 286 Å². The minimum atomic E-state index is -0.536. The van der Waals surface area contributed by atoms with Crippen LogP contribution in [0.3, 0.4) is 0 Å². The largest absolute Gasteiger partial charge is 0.497 e. The Kier molecular flexibility index (Phi) is 10.9. The summed E-state index contributed by atoms with van der Waals surface area (Å²) in [7, 11) is 1.56. The van der Waals surface area contributed by atoms with Crippen molar-refractivity contribution in [1.29, 1.82) is 5.26 Å². The first kappa shape index (κ1) is 34.0. The van der Waals surface area contributed by atoms with Gasteiger partial charge in [0, 0.05) is 34.5 Å². The highest BCUT2D eigenvalue weighted by molar-refractivity contribution is 8.00. The number of rotatable bonds is 10. The number of thiophene rings is 1. The SMILES string of the molecule is COc1ccc(/C=C(/NC(=O)c2ccccc2)C(=O)Nc2cccc(SC(C)C(=O)Nc3sc4c(c3C#N)CCN(C(C)=O)C4)c2)cc1. The van der Waals surface area contributed by atoms with Crippen molar-refractivity contribution in [2.45, 2.75) is 37.0 Å². The molecule has 1 aliphatic heterocycles. The fourth-order valence-electron chi connectivity index (χ4n) is 5.00. The van der Waals surface area contributed by atoms with Crippen LogP contribution in [0.4, 0.5) is 10.7 Å². The molecule has 0 bridgehead atoms. The van der Waals surface area contributed by atoms with Gasteiger partial charge in [-0.25, -0.2) is 0 Å². The standard InChI is InChI=1S/C36H33N5O5S2/c1-22(33(43)40-36-30(20-37)29-16-17-41(23(2)42)21-32(29)48-36)47-28-11-7-10-26(19-28)38-35(45)31(18-24-12-14-27(46-3)15-13-24)39-34(44)25-8-5-4-6-9-25/h4-15,18-19,22H,16-17,21H2,1-3H3,(H,38,45)(H,39,44)(H,40,43)/b31-18+. The number of nitriles is 1. The van der Waals surface area contributed by atoms with Crippen molar-refractivity contribution in [1.82, 2.24) is 10.2 Å². The first-order valence-corrected chi connectivity index (χ1v) is 16.8. The van der Waals surface area contributed by atoms with Crippen LogP contribution in [0.2, 0.25) is 0 Å². The van der Waals surface area contributed by atoms with Crippen LogP contribution in [-0.4, -0.2) is 47.4 Å². The highest BCUT2D eigenvalue weighted by atomic mass is 32.2. The van der Waals surface area contributed by atoms with E-state index >= 15 is 0 Å². The van der Waals surface area contributed by atoms with E-state index in [2.05, 4.69) is 22.0 Å². The Bertz CT molecular complexity index is 1920. The summed E-state index contributed by atoms with van der Waals surface area (Å²) in [6, 6.07) is 25.0. The van der Waals surface area contributed by atoms with Gasteiger partial charge in [0.15, 0.2) is 0 Å². The second-order valence-corrected chi connectivity index (χ2v) is 13.4. The van der Waals surface area contributed by atoms with Gasteiger partial charge in [-0.3, -0.25) is 19.2 Å². The number of hydrogen-bond acceptors (Lipinski definition) is 8. The van der Waals surface area contributed by atoms with Crippen LogP contribution in [0.1, 0.15) is 45.8 Å². The van der Waals surface area contributed by atoms with Crippen LogP contribution in [0.15, 0.2) is 89.5 Å². The molecule has 2 heterocycles. The molecule has 3 N–H and O–H groups in total. The van der Waals surface area contributed by atoms with Gasteiger partial charge in [0.05, 0.1) is 24.5 Å². The third-order valence-corrected chi connectivity index (χ3v) is 9.81. The van der Waals surface area contributed by atoms with E-state index in [1.807, 2.05) is 6.07 Å². The number of anilines is 2. The molecule has 4 amide bonds. The summed E-state index contributed by atoms with van der Waals surface area (Å²) in [4.78, 5) is 55.0. The summed E-state index contributed by atoms with van der Waals surface area (Å²) >= 11 is 2.63. The number of ether oxygens (including phenoxy) is 1. The lowest BCUT2D eigenvalue weighted by Crippen LogP contribution is -2.33. The van der Waals surface area contributed by atoms with E-state index in [9.17, 15) is 24.4 Å². The van der Waals surface area contributed by atoms with E-state index in [0.29, 0.717) is 52.6 Å². The van der Waals surface area contributed by atoms with Gasteiger partial charge in [-0.05, 0) is 73.0 Å². The molecular formula is C36H33N5O5S2. The number of fused-ring (bicyclic) bond motifs is 1. The highest BCUT2D eigenvalue weighted by Crippen LogP contribution is 2.37. The zero-order valence-corrected chi connectivity index (χ0v) is 28.2. The van der Waals surface area contributed by atoms with E-state index in [1.54, 1.807) is 97.8 Å². The molecule has 48 heavy (non-hydrogen) atoms. The van der Waals surface area contributed by atoms with Gasteiger partial charge in [0.1, 0.15) is 22.5 Å². The molecule has 1 aromatic heterocycles. The summed E-state index contributed by atoms with van der Waals surface area (Å²) in [6.45, 7) is 4.25. The molecule has 244 valence electrons. The molecular weight excluding hydrogens is 647 g/mol. The van der Waals surface area contributed by atoms with Crippen molar-refractivity contribution in [2.24, 2.45) is 0 Å². The van der Waals surface area contributed by atoms with Gasteiger partial charge in [0.2, 0.25) is 11.8 Å². The topological polar surface area (TPSA) is 141 Å². The number of nitrogens with one attached hydrogen (secondary N) is 3. The molecule has 5 rings (SSSR count). The predicted molar refractivity (Wildman–Crippen MR) is 188 cm³/mol. The summed E-state index contributed by atoms with van der Waals surface area (Å²) < 4.78 is 5.22. The van der Waals surface area contributed by atoms with E-state index < -0.39 is 17.1 Å². The van der Waals surface area contributed by atoms with Gasteiger partial charge >= 0.3 is 0 Å². The molecule has 0 saturated carbocycles. The van der Waals surface area contributed by atoms with Crippen LogP contribution >= 0.6 is 23.1 Å². The Balaban J connectivity index is 1.28. The highest BCUT2D eigenvalue weighted by Gasteiger charge is 2.27. The maximum absolute atomic E-state index is 13.5. The Morgan fingerprint density at radius 1 is 1.02 bits per heavy atom. The summed E-state index contributed by atoms with van der Waals surface area (Å²) in [6.07, 6.45) is 2.15. The summed E-state index contributed by atoms with van der Waals surface area (Å²) in [5.74, 6) is -0.608. The molecule has 0 aliphatic carbocycles. The van der Waals surface area contributed by atoms with Crippen molar-refractivity contribution in [2.75, 3.05) is 24.3 Å². The van der Waals surface area contributed by atoms with Crippen molar-refractivity contribution >= 4 is 63.5 Å². The second-order valence-electron chi connectivity index (χ2n) is 10.9. The van der Waals surface area contributed by atoms with Crippen LogP contribution in [-0.2, 0) is 27.3 Å². The normalized spacial score (nSPS) is 13.0. The van der Waals surface area contributed by atoms with Gasteiger partial charge < -0.3 is 25.6 Å². The van der Waals surface area contributed by atoms with Crippen molar-refractivity contribution < 1.29 is 23.9 Å². The molecule has 1 aliphatic rings. The number of benzene rings is 3. The molecule has 10 nitrogen and oxygen atoms in total. The fourth-order valence-corrected chi connectivity index (χ4v) is 7.15. The van der Waals surface area contributed by atoms with Crippen LogP contribution in [0.25, 0.3) is 6.08 Å². The number of methoxy groups -OCH3 is 1. The zero-order chi connectivity index (χ0) is 34.2. The first-order valence-electron chi connectivity index (χ1n) is 15.1. The maximum Gasteiger partial charge on any atom is 0.272 e. The Hall–Kier alpha value is -5.38. The van der Waals surface area contributed by atoms with Crippen molar-refractivity contribution in [3.05, 3.63) is 112 Å². The van der Waals surface area contributed by atoms with E-state index in [0.717, 1.165) is 15.3 Å². The van der Waals surface area contributed by atoms with E-state index in [4.69, 9.17) is 4.74 Å². The quantitative estimate of drug-likeness (QED) is 0.137. The molecule has 0 fully saturated rings. The number of nitrogens with zero attached hydrogens (tertiary/aromatic N) is 2. The van der Waals surface area contributed by atoms with Gasteiger partial charge in [0.25, 0.3) is 11.8 Å². The third-order valence-electron chi connectivity index (χ3n) is 7.58. The Morgan fingerprint density at radius 3 is 2.46 bits per heavy atom. The van der Waals surface area contributed by atoms with E-state index in [-0.39, 0.29) is 17.5 Å². The minimum Gasteiger partial charge on any atom is -0.497 e. The molecule has 0 spiro atoms. The maximum atomic E-state index is 13.5. The number of carbonyl (C=O) groups is 4. The van der Waals surface area contributed by atoms with Gasteiger partial charge in [-0.15, -0.1) is 23.1 Å². The molecule has 1 atom stereocenters. The minimum absolute atomic E-state index is 0.0250. The van der Waals surface area contributed by atoms with Crippen LogP contribution < -0.4 is 20.7 Å². The summed E-state index contributed by atoms with van der Waals surface area (Å²) in [5, 5.41) is 18.3. The Morgan fingerprint density at radius 2 is 1.77 bits per heavy atom. The smallest absolute Gasteiger partial charge is 0.272 e. The zero-order valence-electron chi connectivity index (χ0n) is 26.5.